The van der Waals surface area contributed by atoms with Crippen LogP contribution in [0.2, 0.25) is 0 Å². The van der Waals surface area contributed by atoms with Crippen LogP contribution in [0, 0.1) is 0 Å². The predicted molar refractivity (Wildman–Crippen MR) is 89.3 cm³/mol. The molecule has 1 aromatic heterocycles. The molecule has 4 N–H and O–H groups in total. The lowest BCUT2D eigenvalue weighted by Crippen LogP contribution is -2.37. The number of aromatic amines is 1. The largest absolute Gasteiger partial charge is 0.416 e. The van der Waals surface area contributed by atoms with Gasteiger partial charge in [-0.25, -0.2) is 13.4 Å². The number of nitrogens with one attached hydrogen (secondary N) is 2. The lowest BCUT2D eigenvalue weighted by atomic mass is 10.2. The number of aromatic nitrogens is 2. The maximum Gasteiger partial charge on any atom is 0.416 e. The number of nitrogens with two attached hydrogens (primary N) is 1. The van der Waals surface area contributed by atoms with E-state index in [9.17, 15) is 26.4 Å². The Bertz CT molecular complexity index is 867. The van der Waals surface area contributed by atoms with E-state index in [-0.39, 0.29) is 41.6 Å². The minimum Gasteiger partial charge on any atom is -0.324 e. The van der Waals surface area contributed by atoms with Crippen LogP contribution in [0.15, 0.2) is 18.2 Å². The van der Waals surface area contributed by atoms with Crippen molar-refractivity contribution >= 4 is 45.1 Å². The first-order valence-corrected chi connectivity index (χ1v) is 8.83. The third-order valence-electron chi connectivity index (χ3n) is 3.19. The molecule has 0 aliphatic rings. The van der Waals surface area contributed by atoms with Gasteiger partial charge in [-0.15, -0.1) is 12.4 Å². The molecule has 12 heteroatoms. The molecule has 2 rings (SSSR count). The smallest absolute Gasteiger partial charge is 0.324 e. The van der Waals surface area contributed by atoms with Gasteiger partial charge in [0.05, 0.1) is 28.4 Å². The van der Waals surface area contributed by atoms with Gasteiger partial charge in [0.15, 0.2) is 0 Å². The van der Waals surface area contributed by atoms with Crippen LogP contribution in [0.1, 0.15) is 12.0 Å². The molecule has 7 nitrogen and oxygen atoms in total. The number of rotatable bonds is 5. The molecule has 140 valence electrons. The number of hydrogen-bond acceptors (Lipinski definition) is 5. The van der Waals surface area contributed by atoms with Crippen LogP contribution < -0.4 is 11.1 Å². The van der Waals surface area contributed by atoms with Crippen molar-refractivity contribution < 1.29 is 26.4 Å². The first-order valence-electron chi connectivity index (χ1n) is 6.77. The summed E-state index contributed by atoms with van der Waals surface area (Å²) >= 11 is 0. The van der Waals surface area contributed by atoms with Crippen molar-refractivity contribution in [3.05, 3.63) is 23.8 Å². The molecule has 2 aromatic rings. The number of alkyl halides is 3. The summed E-state index contributed by atoms with van der Waals surface area (Å²) < 4.78 is 60.0. The fourth-order valence-electron chi connectivity index (χ4n) is 1.93. The van der Waals surface area contributed by atoms with Gasteiger partial charge < -0.3 is 10.7 Å². The van der Waals surface area contributed by atoms with Gasteiger partial charge in [0.25, 0.3) is 0 Å². The fourth-order valence-corrected chi connectivity index (χ4v) is 2.61. The normalized spacial score (nSPS) is 13.3. The van der Waals surface area contributed by atoms with Crippen LogP contribution in [0.5, 0.6) is 0 Å². The third-order valence-corrected chi connectivity index (χ3v) is 4.16. The molecule has 25 heavy (non-hydrogen) atoms. The minimum absolute atomic E-state index is 0. The second-order valence-electron chi connectivity index (χ2n) is 5.33. The molecule has 1 amide bonds. The number of hydrogen-bond donors (Lipinski definition) is 3. The summed E-state index contributed by atoms with van der Waals surface area (Å²) in [4.78, 5) is 18.3. The summed E-state index contributed by atoms with van der Waals surface area (Å²) in [5.41, 5.74) is 5.08. The SMILES string of the molecule is CS(=O)(=O)CCC(N)C(=O)Nc1nc2ccc(C(F)(F)F)cc2[nH]1.Cl. The summed E-state index contributed by atoms with van der Waals surface area (Å²) in [6.07, 6.45) is -3.55. The van der Waals surface area contributed by atoms with E-state index < -0.39 is 33.5 Å². The Morgan fingerprint density at radius 3 is 2.60 bits per heavy atom. The van der Waals surface area contributed by atoms with Gasteiger partial charge in [-0.1, -0.05) is 0 Å². The van der Waals surface area contributed by atoms with Crippen molar-refractivity contribution in [2.45, 2.75) is 18.6 Å². The summed E-state index contributed by atoms with van der Waals surface area (Å²) in [5.74, 6) is -1.01. The van der Waals surface area contributed by atoms with Gasteiger partial charge >= 0.3 is 6.18 Å². The van der Waals surface area contributed by atoms with Gasteiger partial charge in [0.1, 0.15) is 9.84 Å². The summed E-state index contributed by atoms with van der Waals surface area (Å²) in [7, 11) is -3.25. The molecule has 0 radical (unpaired) electrons. The average molecular weight is 401 g/mol. The third kappa shape index (κ3) is 5.87. The quantitative estimate of drug-likeness (QED) is 0.706. The zero-order valence-electron chi connectivity index (χ0n) is 12.9. The van der Waals surface area contributed by atoms with E-state index in [4.69, 9.17) is 5.73 Å². The minimum atomic E-state index is -4.49. The number of H-pyrrole nitrogens is 1. The first kappa shape index (κ1) is 21.2. The number of nitrogens with zero attached hydrogens (tertiary/aromatic N) is 1. The standard InChI is InChI=1S/C13H15F3N4O3S.ClH/c1-24(22,23)5-4-8(17)11(21)20-12-18-9-3-2-7(13(14,15)16)6-10(9)19-12;/h2-3,6,8H,4-5,17H2,1H3,(H2,18,19,20,21);1H. The van der Waals surface area contributed by atoms with E-state index >= 15 is 0 Å². The first-order chi connectivity index (χ1) is 11.0. The zero-order valence-corrected chi connectivity index (χ0v) is 14.6. The molecule has 0 spiro atoms. The van der Waals surface area contributed by atoms with Crippen molar-refractivity contribution in [2.24, 2.45) is 5.73 Å². The molecule has 1 atom stereocenters. The topological polar surface area (TPSA) is 118 Å². The second kappa shape index (κ2) is 7.58. The van der Waals surface area contributed by atoms with Crippen LogP contribution in [0.3, 0.4) is 0 Å². The van der Waals surface area contributed by atoms with Crippen molar-refractivity contribution in [3.63, 3.8) is 0 Å². The maximum atomic E-state index is 12.6. The Morgan fingerprint density at radius 1 is 1.40 bits per heavy atom. The Hall–Kier alpha value is -1.85. The summed E-state index contributed by atoms with van der Waals surface area (Å²) in [5, 5.41) is 2.32. The van der Waals surface area contributed by atoms with Gasteiger partial charge in [-0.3, -0.25) is 10.1 Å². The molecule has 0 aliphatic carbocycles. The highest BCUT2D eigenvalue weighted by molar-refractivity contribution is 7.90. The Labute approximate surface area is 147 Å². The molecular formula is C13H16ClF3N4O3S. The molecule has 0 bridgehead atoms. The van der Waals surface area contributed by atoms with E-state index in [0.29, 0.717) is 0 Å². The van der Waals surface area contributed by atoms with Crippen molar-refractivity contribution in [3.8, 4) is 0 Å². The van der Waals surface area contributed by atoms with Gasteiger partial charge in [0.2, 0.25) is 11.9 Å². The van der Waals surface area contributed by atoms with Crippen LogP contribution >= 0.6 is 12.4 Å². The predicted octanol–water partition coefficient (Wildman–Crippen LogP) is 1.70. The monoisotopic (exact) mass is 400 g/mol. The number of amides is 1. The Morgan fingerprint density at radius 2 is 2.04 bits per heavy atom. The number of imidazole rings is 1. The van der Waals surface area contributed by atoms with E-state index in [2.05, 4.69) is 15.3 Å². The van der Waals surface area contributed by atoms with E-state index in [1.165, 1.54) is 6.07 Å². The molecular weight excluding hydrogens is 385 g/mol. The van der Waals surface area contributed by atoms with Gasteiger partial charge in [0, 0.05) is 6.26 Å². The number of halogens is 4. The molecule has 0 fully saturated rings. The van der Waals surface area contributed by atoms with Crippen molar-refractivity contribution in [2.75, 3.05) is 17.3 Å². The molecule has 1 aromatic carbocycles. The van der Waals surface area contributed by atoms with Crippen molar-refractivity contribution in [1.29, 1.82) is 0 Å². The van der Waals surface area contributed by atoms with E-state index in [0.717, 1.165) is 18.4 Å². The summed E-state index contributed by atoms with van der Waals surface area (Å²) in [6.45, 7) is 0. The van der Waals surface area contributed by atoms with Gasteiger partial charge in [-0.05, 0) is 24.6 Å². The fraction of sp³-hybridized carbons (Fsp3) is 0.385. The molecule has 0 saturated heterocycles. The van der Waals surface area contributed by atoms with Crippen molar-refractivity contribution in [1.82, 2.24) is 9.97 Å². The van der Waals surface area contributed by atoms with Crippen LogP contribution in [0.4, 0.5) is 19.1 Å². The zero-order chi connectivity index (χ0) is 18.1. The Kier molecular flexibility index (Phi) is 6.43. The lowest BCUT2D eigenvalue weighted by Gasteiger charge is -2.09. The van der Waals surface area contributed by atoms with Crippen LogP contribution in [-0.2, 0) is 20.8 Å². The lowest BCUT2D eigenvalue weighted by molar-refractivity contribution is -0.137. The molecule has 0 aliphatic heterocycles. The number of carbonyl (C=O) groups is 1. The molecule has 0 saturated carbocycles. The number of fused-ring (bicyclic) bond motifs is 1. The second-order valence-corrected chi connectivity index (χ2v) is 7.59. The maximum absolute atomic E-state index is 12.6. The average Bonchev–Trinajstić information content (AvgIpc) is 2.83. The highest BCUT2D eigenvalue weighted by Gasteiger charge is 2.30. The van der Waals surface area contributed by atoms with E-state index in [1.807, 2.05) is 0 Å². The van der Waals surface area contributed by atoms with Crippen LogP contribution in [0.25, 0.3) is 11.0 Å². The summed E-state index contributed by atoms with van der Waals surface area (Å²) in [6, 6.07) is 1.85. The van der Waals surface area contributed by atoms with Gasteiger partial charge in [-0.2, -0.15) is 13.2 Å². The number of benzene rings is 1. The molecule has 1 unspecified atom stereocenters. The number of anilines is 1. The highest BCUT2D eigenvalue weighted by atomic mass is 35.5. The Balaban J connectivity index is 0.00000312. The molecule has 1 heterocycles. The highest BCUT2D eigenvalue weighted by Crippen LogP contribution is 2.31. The van der Waals surface area contributed by atoms with Crippen LogP contribution in [-0.4, -0.2) is 42.3 Å². The number of carbonyl (C=O) groups excluding carboxylic acids is 1. The van der Waals surface area contributed by atoms with E-state index in [1.54, 1.807) is 0 Å². The number of sulfone groups is 1.